The first-order valence-corrected chi connectivity index (χ1v) is 6.61. The van der Waals surface area contributed by atoms with Crippen LogP contribution in [-0.2, 0) is 17.8 Å². The minimum Gasteiger partial charge on any atom is -0.321 e. The van der Waals surface area contributed by atoms with E-state index in [-0.39, 0.29) is 5.91 Å². The Balaban J connectivity index is 1.91. The zero-order valence-electron chi connectivity index (χ0n) is 11.2. The van der Waals surface area contributed by atoms with Gasteiger partial charge in [-0.05, 0) is 24.1 Å². The summed E-state index contributed by atoms with van der Waals surface area (Å²) in [5.74, 6) is -0.0144. The number of hydrogen-bond donors (Lipinski definition) is 1. The topological polar surface area (TPSA) is 33.0 Å². The standard InChI is InChI=1S/C16H18N2O/c1-2-6-14-9-11-18(12-10-14)13-16(19)17-15-7-4-3-5-8-15/h3-5,7-12H,2,6,13H2,1H3/p+1. The first-order valence-electron chi connectivity index (χ1n) is 6.61. The lowest BCUT2D eigenvalue weighted by Crippen LogP contribution is -2.39. The number of pyridine rings is 1. The molecule has 0 unspecified atom stereocenters. The van der Waals surface area contributed by atoms with Crippen molar-refractivity contribution in [3.8, 4) is 0 Å². The van der Waals surface area contributed by atoms with E-state index in [1.807, 2.05) is 47.3 Å². The molecule has 0 bridgehead atoms. The number of rotatable bonds is 5. The van der Waals surface area contributed by atoms with Crippen molar-refractivity contribution in [1.29, 1.82) is 0 Å². The van der Waals surface area contributed by atoms with Crippen molar-refractivity contribution in [2.75, 3.05) is 5.32 Å². The highest BCUT2D eigenvalue weighted by Gasteiger charge is 2.09. The Hall–Kier alpha value is -2.16. The fourth-order valence-corrected chi connectivity index (χ4v) is 1.94. The van der Waals surface area contributed by atoms with E-state index in [0.717, 1.165) is 18.5 Å². The van der Waals surface area contributed by atoms with Crippen molar-refractivity contribution in [1.82, 2.24) is 0 Å². The highest BCUT2D eigenvalue weighted by molar-refractivity contribution is 5.89. The van der Waals surface area contributed by atoms with Crippen LogP contribution < -0.4 is 9.88 Å². The van der Waals surface area contributed by atoms with Crippen LogP contribution in [-0.4, -0.2) is 5.91 Å². The molecule has 19 heavy (non-hydrogen) atoms. The molecule has 1 aromatic carbocycles. The summed E-state index contributed by atoms with van der Waals surface area (Å²) in [6.45, 7) is 2.50. The average Bonchev–Trinajstić information content (AvgIpc) is 2.42. The third kappa shape index (κ3) is 4.21. The zero-order chi connectivity index (χ0) is 13.5. The fraction of sp³-hybridized carbons (Fsp3) is 0.250. The SMILES string of the molecule is CCCc1cc[n+](CC(=O)Nc2ccccc2)cc1. The summed E-state index contributed by atoms with van der Waals surface area (Å²) in [6, 6.07) is 13.6. The van der Waals surface area contributed by atoms with Crippen molar-refractivity contribution >= 4 is 11.6 Å². The monoisotopic (exact) mass is 255 g/mol. The molecular formula is C16H19N2O+. The molecule has 0 spiro atoms. The zero-order valence-corrected chi connectivity index (χ0v) is 11.2. The molecule has 3 heteroatoms. The third-order valence-corrected chi connectivity index (χ3v) is 2.88. The normalized spacial score (nSPS) is 10.2. The minimum absolute atomic E-state index is 0.0144. The molecule has 0 radical (unpaired) electrons. The van der Waals surface area contributed by atoms with Gasteiger partial charge in [0.05, 0.1) is 0 Å². The van der Waals surface area contributed by atoms with Crippen molar-refractivity contribution in [3.05, 3.63) is 60.4 Å². The number of nitrogens with one attached hydrogen (secondary N) is 1. The number of benzene rings is 1. The van der Waals surface area contributed by atoms with Gasteiger partial charge < -0.3 is 5.32 Å². The van der Waals surface area contributed by atoms with Crippen LogP contribution in [0.3, 0.4) is 0 Å². The van der Waals surface area contributed by atoms with Crippen LogP contribution in [0, 0.1) is 0 Å². The summed E-state index contributed by atoms with van der Waals surface area (Å²) in [5.41, 5.74) is 2.14. The lowest BCUT2D eigenvalue weighted by Gasteiger charge is -2.02. The maximum atomic E-state index is 11.9. The summed E-state index contributed by atoms with van der Waals surface area (Å²) >= 11 is 0. The number of aryl methyl sites for hydroxylation is 1. The molecule has 0 aliphatic rings. The van der Waals surface area contributed by atoms with E-state index in [9.17, 15) is 4.79 Å². The lowest BCUT2D eigenvalue weighted by atomic mass is 10.2. The van der Waals surface area contributed by atoms with Crippen LogP contribution in [0.25, 0.3) is 0 Å². The van der Waals surface area contributed by atoms with Gasteiger partial charge in [-0.15, -0.1) is 0 Å². The van der Waals surface area contributed by atoms with E-state index >= 15 is 0 Å². The van der Waals surface area contributed by atoms with E-state index in [1.165, 1.54) is 5.56 Å². The van der Waals surface area contributed by atoms with Crippen molar-refractivity contribution in [3.63, 3.8) is 0 Å². The Bertz CT molecular complexity index is 520. The number of amides is 1. The van der Waals surface area contributed by atoms with E-state index in [0.29, 0.717) is 6.54 Å². The predicted octanol–water partition coefficient (Wildman–Crippen LogP) is 2.57. The van der Waals surface area contributed by atoms with Crippen LogP contribution in [0.15, 0.2) is 54.9 Å². The molecule has 2 aromatic rings. The quantitative estimate of drug-likeness (QED) is 0.818. The summed E-state index contributed by atoms with van der Waals surface area (Å²) in [7, 11) is 0. The molecule has 1 heterocycles. The van der Waals surface area contributed by atoms with Crippen molar-refractivity contribution in [2.45, 2.75) is 26.3 Å². The van der Waals surface area contributed by atoms with Gasteiger partial charge in [0.2, 0.25) is 6.54 Å². The summed E-state index contributed by atoms with van der Waals surface area (Å²) in [5, 5.41) is 2.87. The highest BCUT2D eigenvalue weighted by atomic mass is 16.1. The molecule has 0 aliphatic carbocycles. The second-order valence-electron chi connectivity index (χ2n) is 4.54. The van der Waals surface area contributed by atoms with Crippen molar-refractivity contribution in [2.24, 2.45) is 0 Å². The fourth-order valence-electron chi connectivity index (χ4n) is 1.94. The molecular weight excluding hydrogens is 236 g/mol. The third-order valence-electron chi connectivity index (χ3n) is 2.88. The van der Waals surface area contributed by atoms with Crippen LogP contribution in [0.5, 0.6) is 0 Å². The van der Waals surface area contributed by atoms with Crippen LogP contribution >= 0.6 is 0 Å². The second kappa shape index (κ2) is 6.69. The Morgan fingerprint density at radius 1 is 1.11 bits per heavy atom. The molecule has 1 N–H and O–H groups in total. The van der Waals surface area contributed by atoms with Crippen molar-refractivity contribution < 1.29 is 9.36 Å². The van der Waals surface area contributed by atoms with E-state index < -0.39 is 0 Å². The number of aromatic nitrogens is 1. The molecule has 1 amide bonds. The van der Waals surface area contributed by atoms with Gasteiger partial charge in [0, 0.05) is 17.8 Å². The Labute approximate surface area is 113 Å². The predicted molar refractivity (Wildman–Crippen MR) is 75.7 cm³/mol. The van der Waals surface area contributed by atoms with Crippen LogP contribution in [0.1, 0.15) is 18.9 Å². The van der Waals surface area contributed by atoms with Gasteiger partial charge in [-0.25, -0.2) is 0 Å². The largest absolute Gasteiger partial charge is 0.321 e. The van der Waals surface area contributed by atoms with Gasteiger partial charge in [-0.3, -0.25) is 4.79 Å². The van der Waals surface area contributed by atoms with Crippen LogP contribution in [0.4, 0.5) is 5.69 Å². The molecule has 0 fully saturated rings. The molecule has 2 rings (SSSR count). The number of carbonyl (C=O) groups is 1. The summed E-state index contributed by atoms with van der Waals surface area (Å²) in [6.07, 6.45) is 6.13. The smallest absolute Gasteiger partial charge is 0.290 e. The van der Waals surface area contributed by atoms with Gasteiger partial charge in [-0.2, -0.15) is 4.57 Å². The Morgan fingerprint density at radius 2 is 1.79 bits per heavy atom. The molecule has 98 valence electrons. The number of carbonyl (C=O) groups excluding carboxylic acids is 1. The second-order valence-corrected chi connectivity index (χ2v) is 4.54. The molecule has 1 aromatic heterocycles. The van der Waals surface area contributed by atoms with Gasteiger partial charge in [0.15, 0.2) is 12.4 Å². The van der Waals surface area contributed by atoms with Crippen LogP contribution in [0.2, 0.25) is 0 Å². The summed E-state index contributed by atoms with van der Waals surface area (Å²) < 4.78 is 1.89. The summed E-state index contributed by atoms with van der Waals surface area (Å²) in [4.78, 5) is 11.9. The molecule has 0 saturated carbocycles. The highest BCUT2D eigenvalue weighted by Crippen LogP contribution is 2.04. The molecule has 0 aliphatic heterocycles. The van der Waals surface area contributed by atoms with E-state index in [1.54, 1.807) is 0 Å². The van der Waals surface area contributed by atoms with Gasteiger partial charge >= 0.3 is 0 Å². The van der Waals surface area contributed by atoms with E-state index in [4.69, 9.17) is 0 Å². The lowest BCUT2D eigenvalue weighted by molar-refractivity contribution is -0.684. The first kappa shape index (κ1) is 13.3. The van der Waals surface area contributed by atoms with Gasteiger partial charge in [0.25, 0.3) is 5.91 Å². The molecule has 3 nitrogen and oxygen atoms in total. The first-order chi connectivity index (χ1) is 9.28. The molecule has 0 saturated heterocycles. The van der Waals surface area contributed by atoms with Gasteiger partial charge in [0.1, 0.15) is 0 Å². The maximum absolute atomic E-state index is 11.9. The number of para-hydroxylation sites is 1. The maximum Gasteiger partial charge on any atom is 0.290 e. The minimum atomic E-state index is -0.0144. The Morgan fingerprint density at radius 3 is 2.42 bits per heavy atom. The number of hydrogen-bond acceptors (Lipinski definition) is 1. The van der Waals surface area contributed by atoms with E-state index in [2.05, 4.69) is 24.4 Å². The average molecular weight is 255 g/mol. The number of anilines is 1. The molecule has 0 atom stereocenters. The Kier molecular flexibility index (Phi) is 4.67. The van der Waals surface area contributed by atoms with Gasteiger partial charge in [-0.1, -0.05) is 31.5 Å². The number of nitrogens with zero attached hydrogens (tertiary/aromatic N) is 1.